The summed E-state index contributed by atoms with van der Waals surface area (Å²) in [5.41, 5.74) is 6.27. The van der Waals surface area contributed by atoms with Gasteiger partial charge < -0.3 is 10.5 Å². The Bertz CT molecular complexity index is 492. The first-order valence-corrected chi connectivity index (χ1v) is 7.08. The Labute approximate surface area is 122 Å². The lowest BCUT2D eigenvalue weighted by molar-refractivity contribution is -0.126. The molecular formula is C14H19BrN2O2. The van der Waals surface area contributed by atoms with E-state index in [2.05, 4.69) is 26.9 Å². The van der Waals surface area contributed by atoms with Crippen LogP contribution in [0.5, 0.6) is 5.75 Å². The zero-order valence-electron chi connectivity index (χ0n) is 11.3. The Balaban J connectivity index is 2.03. The molecule has 104 valence electrons. The van der Waals surface area contributed by atoms with Crippen LogP contribution < -0.4 is 10.5 Å². The number of nitrogens with zero attached hydrogens (tertiary/aromatic N) is 1. The molecule has 1 fully saturated rings. The summed E-state index contributed by atoms with van der Waals surface area (Å²) < 4.78 is 6.16. The van der Waals surface area contributed by atoms with Crippen molar-refractivity contribution in [1.29, 1.82) is 0 Å². The van der Waals surface area contributed by atoms with Crippen LogP contribution >= 0.6 is 15.9 Å². The Morgan fingerprint density at radius 2 is 2.32 bits per heavy atom. The zero-order chi connectivity index (χ0) is 14.0. The summed E-state index contributed by atoms with van der Waals surface area (Å²) in [6.07, 6.45) is 0.833. The lowest BCUT2D eigenvalue weighted by Crippen LogP contribution is -2.36. The number of amides is 1. The van der Waals surface area contributed by atoms with Gasteiger partial charge in [-0.3, -0.25) is 9.69 Å². The highest BCUT2D eigenvalue weighted by atomic mass is 79.9. The third-order valence-corrected chi connectivity index (χ3v) is 4.39. The number of benzene rings is 1. The van der Waals surface area contributed by atoms with Crippen molar-refractivity contribution in [2.24, 2.45) is 11.1 Å². The fraction of sp³-hybridized carbons (Fsp3) is 0.500. The van der Waals surface area contributed by atoms with Crippen LogP contribution in [0.2, 0.25) is 0 Å². The molecule has 1 aromatic carbocycles. The second-order valence-corrected chi connectivity index (χ2v) is 6.21. The monoisotopic (exact) mass is 326 g/mol. The minimum Gasteiger partial charge on any atom is -0.496 e. The summed E-state index contributed by atoms with van der Waals surface area (Å²) in [6, 6.07) is 6.05. The molecule has 2 N–H and O–H groups in total. The molecule has 0 aliphatic carbocycles. The molecule has 5 heteroatoms. The number of rotatable bonds is 4. The van der Waals surface area contributed by atoms with Crippen molar-refractivity contribution in [3.05, 3.63) is 28.2 Å². The van der Waals surface area contributed by atoms with E-state index in [1.807, 2.05) is 19.1 Å². The number of carbonyl (C=O) groups is 1. The molecule has 0 bridgehead atoms. The molecule has 0 aromatic heterocycles. The second kappa shape index (κ2) is 5.51. The molecule has 1 atom stereocenters. The predicted molar refractivity (Wildman–Crippen MR) is 77.9 cm³/mol. The van der Waals surface area contributed by atoms with Crippen LogP contribution in [0.15, 0.2) is 22.7 Å². The van der Waals surface area contributed by atoms with E-state index in [0.29, 0.717) is 0 Å². The zero-order valence-corrected chi connectivity index (χ0v) is 12.9. The first-order chi connectivity index (χ1) is 8.94. The van der Waals surface area contributed by atoms with E-state index in [1.165, 1.54) is 5.56 Å². The number of nitrogens with two attached hydrogens (primary N) is 1. The largest absolute Gasteiger partial charge is 0.496 e. The Hall–Kier alpha value is -1.07. The van der Waals surface area contributed by atoms with Gasteiger partial charge in [-0.1, -0.05) is 6.07 Å². The molecule has 1 saturated heterocycles. The number of methoxy groups -OCH3 is 1. The third kappa shape index (κ3) is 3.09. The number of carbonyl (C=O) groups excluding carboxylic acids is 1. The molecule has 1 amide bonds. The van der Waals surface area contributed by atoms with E-state index in [-0.39, 0.29) is 11.3 Å². The topological polar surface area (TPSA) is 55.6 Å². The summed E-state index contributed by atoms with van der Waals surface area (Å²) in [7, 11) is 1.65. The minimum atomic E-state index is -0.385. The molecule has 0 spiro atoms. The van der Waals surface area contributed by atoms with Crippen LogP contribution in [0.25, 0.3) is 0 Å². The van der Waals surface area contributed by atoms with Gasteiger partial charge in [-0.05, 0) is 53.5 Å². The molecule has 0 saturated carbocycles. The Morgan fingerprint density at radius 3 is 2.84 bits per heavy atom. The normalized spacial score (nSPS) is 23.5. The highest BCUT2D eigenvalue weighted by Crippen LogP contribution is 2.31. The number of halogens is 1. The summed E-state index contributed by atoms with van der Waals surface area (Å²) in [6.45, 7) is 4.40. The molecule has 1 aliphatic heterocycles. The van der Waals surface area contributed by atoms with Gasteiger partial charge in [-0.25, -0.2) is 0 Å². The maximum Gasteiger partial charge on any atom is 0.224 e. The molecule has 0 radical (unpaired) electrons. The van der Waals surface area contributed by atoms with Crippen LogP contribution in [0.3, 0.4) is 0 Å². The van der Waals surface area contributed by atoms with Gasteiger partial charge in [-0.2, -0.15) is 0 Å². The van der Waals surface area contributed by atoms with E-state index in [0.717, 1.165) is 36.3 Å². The van der Waals surface area contributed by atoms with Gasteiger partial charge in [0, 0.05) is 13.1 Å². The SMILES string of the molecule is COc1ccc(CN2CCC(C)(C(N)=O)C2)cc1Br. The van der Waals surface area contributed by atoms with Crippen molar-refractivity contribution in [2.75, 3.05) is 20.2 Å². The maximum absolute atomic E-state index is 11.4. The Kier molecular flexibility index (Phi) is 4.16. The number of hydrogen-bond acceptors (Lipinski definition) is 3. The van der Waals surface area contributed by atoms with Gasteiger partial charge in [-0.15, -0.1) is 0 Å². The van der Waals surface area contributed by atoms with Crippen LogP contribution in [-0.2, 0) is 11.3 Å². The lowest BCUT2D eigenvalue weighted by Gasteiger charge is -2.21. The van der Waals surface area contributed by atoms with E-state index >= 15 is 0 Å². The van der Waals surface area contributed by atoms with E-state index in [1.54, 1.807) is 7.11 Å². The van der Waals surface area contributed by atoms with Crippen molar-refractivity contribution in [3.8, 4) is 5.75 Å². The average molecular weight is 327 g/mol. The number of primary amides is 1. The van der Waals surface area contributed by atoms with Crippen molar-refractivity contribution < 1.29 is 9.53 Å². The molecule has 2 rings (SSSR count). The van der Waals surface area contributed by atoms with Crippen molar-refractivity contribution in [1.82, 2.24) is 4.90 Å². The predicted octanol–water partition coefficient (Wildman–Crippen LogP) is 2.15. The average Bonchev–Trinajstić information content (AvgIpc) is 2.73. The number of ether oxygens (including phenoxy) is 1. The van der Waals surface area contributed by atoms with E-state index in [4.69, 9.17) is 10.5 Å². The number of likely N-dealkylation sites (tertiary alicyclic amines) is 1. The van der Waals surface area contributed by atoms with Crippen LogP contribution in [0.4, 0.5) is 0 Å². The highest BCUT2D eigenvalue weighted by molar-refractivity contribution is 9.10. The number of hydrogen-bond donors (Lipinski definition) is 1. The smallest absolute Gasteiger partial charge is 0.224 e. The maximum atomic E-state index is 11.4. The van der Waals surface area contributed by atoms with Gasteiger partial charge in [0.05, 0.1) is 17.0 Å². The van der Waals surface area contributed by atoms with Gasteiger partial charge >= 0.3 is 0 Å². The molecule has 1 aliphatic rings. The molecule has 1 heterocycles. The molecule has 1 unspecified atom stereocenters. The van der Waals surface area contributed by atoms with E-state index in [9.17, 15) is 4.79 Å². The first kappa shape index (κ1) is 14.3. The highest BCUT2D eigenvalue weighted by Gasteiger charge is 2.38. The summed E-state index contributed by atoms with van der Waals surface area (Å²) in [4.78, 5) is 13.7. The van der Waals surface area contributed by atoms with Gasteiger partial charge in [0.1, 0.15) is 5.75 Å². The molecule has 1 aromatic rings. The fourth-order valence-electron chi connectivity index (χ4n) is 2.46. The van der Waals surface area contributed by atoms with Crippen molar-refractivity contribution >= 4 is 21.8 Å². The quantitative estimate of drug-likeness (QED) is 0.922. The fourth-order valence-corrected chi connectivity index (χ4v) is 3.05. The van der Waals surface area contributed by atoms with E-state index < -0.39 is 0 Å². The van der Waals surface area contributed by atoms with Crippen LogP contribution in [0, 0.1) is 5.41 Å². The second-order valence-electron chi connectivity index (χ2n) is 5.35. The first-order valence-electron chi connectivity index (χ1n) is 6.29. The summed E-state index contributed by atoms with van der Waals surface area (Å²) >= 11 is 3.48. The van der Waals surface area contributed by atoms with Crippen molar-refractivity contribution in [3.63, 3.8) is 0 Å². The molecular weight excluding hydrogens is 308 g/mol. The third-order valence-electron chi connectivity index (χ3n) is 3.77. The standard InChI is InChI=1S/C14H19BrN2O2/c1-14(13(16)18)5-6-17(9-14)8-10-3-4-12(19-2)11(15)7-10/h3-4,7H,5-6,8-9H2,1-2H3,(H2,16,18). The van der Waals surface area contributed by atoms with Gasteiger partial charge in [0.2, 0.25) is 5.91 Å². The summed E-state index contributed by atoms with van der Waals surface area (Å²) in [5, 5.41) is 0. The van der Waals surface area contributed by atoms with Gasteiger partial charge in [0.15, 0.2) is 0 Å². The summed E-state index contributed by atoms with van der Waals surface area (Å²) in [5.74, 6) is 0.623. The van der Waals surface area contributed by atoms with Gasteiger partial charge in [0.25, 0.3) is 0 Å². The molecule has 4 nitrogen and oxygen atoms in total. The minimum absolute atomic E-state index is 0.203. The van der Waals surface area contributed by atoms with Crippen LogP contribution in [0.1, 0.15) is 18.9 Å². The van der Waals surface area contributed by atoms with Crippen molar-refractivity contribution in [2.45, 2.75) is 19.9 Å². The molecule has 19 heavy (non-hydrogen) atoms. The lowest BCUT2D eigenvalue weighted by atomic mass is 9.89. The van der Waals surface area contributed by atoms with Crippen LogP contribution in [-0.4, -0.2) is 31.0 Å². The Morgan fingerprint density at radius 1 is 1.58 bits per heavy atom.